The molecule has 0 heterocycles. The number of nitrogens with zero attached hydrogens (tertiary/aromatic N) is 1. The van der Waals surface area contributed by atoms with E-state index in [1.165, 1.54) is 7.11 Å². The van der Waals surface area contributed by atoms with Gasteiger partial charge in [0.05, 0.1) is 27.2 Å². The summed E-state index contributed by atoms with van der Waals surface area (Å²) in [7, 11) is 2.94. The normalized spacial score (nSPS) is 10.2. The summed E-state index contributed by atoms with van der Waals surface area (Å²) < 4.78 is 15.5. The van der Waals surface area contributed by atoms with Crippen molar-refractivity contribution in [1.29, 1.82) is 0 Å². The van der Waals surface area contributed by atoms with Gasteiger partial charge >= 0.3 is 5.97 Å². The average molecular weight is 371 g/mol. The number of carbonyl (C=O) groups excluding carboxylic acids is 2. The van der Waals surface area contributed by atoms with Gasteiger partial charge in [-0.05, 0) is 43.3 Å². The number of ether oxygens (including phenoxy) is 3. The Morgan fingerprint density at radius 3 is 2.11 bits per heavy atom. The van der Waals surface area contributed by atoms with Crippen LogP contribution < -0.4 is 9.47 Å². The molecule has 0 aromatic heterocycles. The number of amides is 1. The van der Waals surface area contributed by atoms with Crippen molar-refractivity contribution in [3.63, 3.8) is 0 Å². The number of hydrogen-bond donors (Lipinski definition) is 0. The molecule has 2 aromatic carbocycles. The van der Waals surface area contributed by atoms with Crippen LogP contribution in [0.2, 0.25) is 0 Å². The van der Waals surface area contributed by atoms with Gasteiger partial charge in [0.1, 0.15) is 18.1 Å². The molecule has 0 aliphatic heterocycles. The van der Waals surface area contributed by atoms with Gasteiger partial charge in [-0.15, -0.1) is 0 Å². The van der Waals surface area contributed by atoms with Crippen LogP contribution in [0.4, 0.5) is 0 Å². The number of methoxy groups -OCH3 is 2. The second-order valence-electron chi connectivity index (χ2n) is 6.01. The third kappa shape index (κ3) is 6.33. The quantitative estimate of drug-likeness (QED) is 0.634. The minimum absolute atomic E-state index is 0.136. The van der Waals surface area contributed by atoms with E-state index in [9.17, 15) is 9.59 Å². The highest BCUT2D eigenvalue weighted by atomic mass is 16.5. The maximum absolute atomic E-state index is 12.8. The lowest BCUT2D eigenvalue weighted by Gasteiger charge is -2.22. The van der Waals surface area contributed by atoms with Crippen molar-refractivity contribution in [2.75, 3.05) is 33.9 Å². The smallest absolute Gasteiger partial charge is 0.307 e. The van der Waals surface area contributed by atoms with E-state index in [1.54, 1.807) is 36.3 Å². The van der Waals surface area contributed by atoms with Crippen LogP contribution in [-0.4, -0.2) is 50.7 Å². The molecule has 0 N–H and O–H groups in total. The number of hydrogen-bond acceptors (Lipinski definition) is 5. The van der Waals surface area contributed by atoms with Crippen LogP contribution in [0.25, 0.3) is 0 Å². The van der Waals surface area contributed by atoms with Crippen LogP contribution in [0.1, 0.15) is 22.3 Å². The van der Waals surface area contributed by atoms with Crippen LogP contribution in [0, 0.1) is 6.92 Å². The van der Waals surface area contributed by atoms with Gasteiger partial charge < -0.3 is 19.1 Å². The SMILES string of the molecule is COC(=O)CCN(CCOc1ccc(OC)cc1)C(=O)c1ccc(C)cc1. The molecule has 0 bridgehead atoms. The monoisotopic (exact) mass is 371 g/mol. The van der Waals surface area contributed by atoms with Gasteiger partial charge in [0.15, 0.2) is 0 Å². The minimum atomic E-state index is -0.354. The Hall–Kier alpha value is -3.02. The van der Waals surface area contributed by atoms with E-state index in [4.69, 9.17) is 9.47 Å². The average Bonchev–Trinajstić information content (AvgIpc) is 2.70. The van der Waals surface area contributed by atoms with Crippen LogP contribution in [0.3, 0.4) is 0 Å². The summed E-state index contributed by atoms with van der Waals surface area (Å²) in [5.41, 5.74) is 1.66. The summed E-state index contributed by atoms with van der Waals surface area (Å²) in [6.07, 6.45) is 0.136. The van der Waals surface area contributed by atoms with Gasteiger partial charge in [0.2, 0.25) is 0 Å². The number of benzene rings is 2. The lowest BCUT2D eigenvalue weighted by Crippen LogP contribution is -2.36. The molecule has 0 atom stereocenters. The Bertz CT molecular complexity index is 740. The first-order valence-electron chi connectivity index (χ1n) is 8.73. The fourth-order valence-corrected chi connectivity index (χ4v) is 2.47. The molecule has 0 saturated carbocycles. The van der Waals surface area contributed by atoms with E-state index < -0.39 is 0 Å². The molecule has 0 unspecified atom stereocenters. The predicted octanol–water partition coefficient (Wildman–Crippen LogP) is 3.09. The van der Waals surface area contributed by atoms with Crippen molar-refractivity contribution in [3.8, 4) is 11.5 Å². The van der Waals surface area contributed by atoms with E-state index >= 15 is 0 Å². The molecule has 1 amide bonds. The van der Waals surface area contributed by atoms with E-state index in [0.29, 0.717) is 24.5 Å². The van der Waals surface area contributed by atoms with Crippen molar-refractivity contribution in [2.24, 2.45) is 0 Å². The summed E-state index contributed by atoms with van der Waals surface area (Å²) in [6, 6.07) is 14.6. The van der Waals surface area contributed by atoms with Gasteiger partial charge in [0, 0.05) is 12.1 Å². The van der Waals surface area contributed by atoms with Gasteiger partial charge in [-0.1, -0.05) is 17.7 Å². The van der Waals surface area contributed by atoms with Crippen molar-refractivity contribution in [3.05, 3.63) is 59.7 Å². The third-order valence-electron chi connectivity index (χ3n) is 4.09. The fraction of sp³-hybridized carbons (Fsp3) is 0.333. The standard InChI is InChI=1S/C21H25NO5/c1-16-4-6-17(7-5-16)21(24)22(13-12-20(23)26-3)14-15-27-19-10-8-18(25-2)9-11-19/h4-11H,12-15H2,1-3H3. The highest BCUT2D eigenvalue weighted by Gasteiger charge is 2.17. The first kappa shape index (κ1) is 20.3. The number of aryl methyl sites for hydroxylation is 1. The largest absolute Gasteiger partial charge is 0.497 e. The van der Waals surface area contributed by atoms with Crippen molar-refractivity contribution in [1.82, 2.24) is 4.90 Å². The molecule has 0 aliphatic rings. The molecule has 0 saturated heterocycles. The molecular formula is C21H25NO5. The van der Waals surface area contributed by atoms with E-state index in [-0.39, 0.29) is 24.8 Å². The maximum Gasteiger partial charge on any atom is 0.307 e. The Balaban J connectivity index is 1.98. The van der Waals surface area contributed by atoms with Crippen molar-refractivity contribution >= 4 is 11.9 Å². The van der Waals surface area contributed by atoms with Gasteiger partial charge in [-0.3, -0.25) is 9.59 Å². The first-order chi connectivity index (χ1) is 13.0. The zero-order valence-electron chi connectivity index (χ0n) is 15.9. The Kier molecular flexibility index (Phi) is 7.67. The van der Waals surface area contributed by atoms with E-state index in [0.717, 1.165) is 11.3 Å². The Morgan fingerprint density at radius 2 is 1.52 bits per heavy atom. The molecule has 144 valence electrons. The highest BCUT2D eigenvalue weighted by Crippen LogP contribution is 2.17. The summed E-state index contributed by atoms with van der Waals surface area (Å²) in [5, 5.41) is 0. The summed E-state index contributed by atoms with van der Waals surface area (Å²) in [5.74, 6) is 0.938. The molecule has 27 heavy (non-hydrogen) atoms. The van der Waals surface area contributed by atoms with Gasteiger partial charge in [0.25, 0.3) is 5.91 Å². The molecule has 6 nitrogen and oxygen atoms in total. The predicted molar refractivity (Wildman–Crippen MR) is 102 cm³/mol. The summed E-state index contributed by atoms with van der Waals surface area (Å²) in [4.78, 5) is 25.9. The second-order valence-corrected chi connectivity index (χ2v) is 6.01. The molecule has 0 fully saturated rings. The highest BCUT2D eigenvalue weighted by molar-refractivity contribution is 5.94. The molecule has 0 spiro atoms. The molecule has 2 rings (SSSR count). The van der Waals surface area contributed by atoms with Crippen LogP contribution >= 0.6 is 0 Å². The zero-order chi connectivity index (χ0) is 19.6. The maximum atomic E-state index is 12.8. The molecule has 2 aromatic rings. The topological polar surface area (TPSA) is 65.1 Å². The Labute approximate surface area is 159 Å². The van der Waals surface area contributed by atoms with Gasteiger partial charge in [-0.25, -0.2) is 0 Å². The summed E-state index contributed by atoms with van der Waals surface area (Å²) in [6.45, 7) is 2.90. The molecule has 0 radical (unpaired) electrons. The fourth-order valence-electron chi connectivity index (χ4n) is 2.47. The van der Waals surface area contributed by atoms with Crippen molar-refractivity contribution < 1.29 is 23.8 Å². The third-order valence-corrected chi connectivity index (χ3v) is 4.09. The second kappa shape index (κ2) is 10.2. The number of rotatable bonds is 9. The minimum Gasteiger partial charge on any atom is -0.497 e. The number of esters is 1. The van der Waals surface area contributed by atoms with Crippen molar-refractivity contribution in [2.45, 2.75) is 13.3 Å². The van der Waals surface area contributed by atoms with Crippen LogP contribution in [-0.2, 0) is 9.53 Å². The van der Waals surface area contributed by atoms with Crippen LogP contribution in [0.5, 0.6) is 11.5 Å². The van der Waals surface area contributed by atoms with Crippen LogP contribution in [0.15, 0.2) is 48.5 Å². The van der Waals surface area contributed by atoms with Gasteiger partial charge in [-0.2, -0.15) is 0 Å². The molecule has 0 aliphatic carbocycles. The van der Waals surface area contributed by atoms with E-state index in [2.05, 4.69) is 4.74 Å². The Morgan fingerprint density at radius 1 is 0.889 bits per heavy atom. The number of carbonyl (C=O) groups is 2. The lowest BCUT2D eigenvalue weighted by atomic mass is 10.1. The van der Waals surface area contributed by atoms with E-state index in [1.807, 2.05) is 31.2 Å². The lowest BCUT2D eigenvalue weighted by molar-refractivity contribution is -0.140. The zero-order valence-corrected chi connectivity index (χ0v) is 15.9. The molecule has 6 heteroatoms. The first-order valence-corrected chi connectivity index (χ1v) is 8.73. The molecular weight excluding hydrogens is 346 g/mol. The summed E-state index contributed by atoms with van der Waals surface area (Å²) >= 11 is 0.